The molecule has 23 heavy (non-hydrogen) atoms. The van der Waals surface area contributed by atoms with E-state index in [2.05, 4.69) is 20.6 Å². The van der Waals surface area contributed by atoms with E-state index in [0.717, 1.165) is 22.4 Å². The van der Waals surface area contributed by atoms with Gasteiger partial charge in [-0.05, 0) is 55.7 Å². The smallest absolute Gasteiger partial charge is 0.307 e. The number of hydrogen-bond donors (Lipinski definition) is 4. The highest BCUT2D eigenvalue weighted by Gasteiger charge is 2.09. The van der Waals surface area contributed by atoms with Gasteiger partial charge in [-0.25, -0.2) is 9.59 Å². The summed E-state index contributed by atoms with van der Waals surface area (Å²) in [5, 5.41) is 5.67. The minimum Gasteiger partial charge on any atom is -0.307 e. The van der Waals surface area contributed by atoms with E-state index >= 15 is 0 Å². The minimum atomic E-state index is -0.320. The molecule has 0 aliphatic rings. The number of amides is 2. The maximum atomic E-state index is 12.2. The highest BCUT2D eigenvalue weighted by molar-refractivity contribution is 6.01. The fraction of sp³-hybridized carbons (Fsp3) is 0.176. The number of urea groups is 1. The predicted molar refractivity (Wildman–Crippen MR) is 92.2 cm³/mol. The molecule has 0 unspecified atom stereocenters. The third-order valence-electron chi connectivity index (χ3n) is 3.96. The molecular weight excluding hydrogens is 292 g/mol. The average molecular weight is 310 g/mol. The molecule has 2 aromatic carbocycles. The first-order valence-corrected chi connectivity index (χ1v) is 7.31. The van der Waals surface area contributed by atoms with Crippen LogP contribution < -0.4 is 16.3 Å². The van der Waals surface area contributed by atoms with Crippen molar-refractivity contribution in [1.82, 2.24) is 9.97 Å². The van der Waals surface area contributed by atoms with Crippen LogP contribution in [0.2, 0.25) is 0 Å². The number of benzene rings is 2. The van der Waals surface area contributed by atoms with Crippen LogP contribution in [0.3, 0.4) is 0 Å². The van der Waals surface area contributed by atoms with Crippen LogP contribution in [0.5, 0.6) is 0 Å². The van der Waals surface area contributed by atoms with E-state index in [9.17, 15) is 9.59 Å². The lowest BCUT2D eigenvalue weighted by atomic mass is 10.1. The van der Waals surface area contributed by atoms with E-state index in [-0.39, 0.29) is 11.7 Å². The Kier molecular flexibility index (Phi) is 3.65. The zero-order chi connectivity index (χ0) is 16.6. The Morgan fingerprint density at radius 1 is 0.913 bits per heavy atom. The molecule has 6 nitrogen and oxygen atoms in total. The predicted octanol–water partition coefficient (Wildman–Crippen LogP) is 3.43. The second kappa shape index (κ2) is 5.64. The zero-order valence-electron chi connectivity index (χ0n) is 13.2. The number of H-pyrrole nitrogens is 2. The van der Waals surface area contributed by atoms with Crippen molar-refractivity contribution < 1.29 is 4.79 Å². The lowest BCUT2D eigenvalue weighted by Gasteiger charge is -2.12. The Bertz CT molecular complexity index is 953. The second-order valence-electron chi connectivity index (χ2n) is 5.62. The Labute approximate surface area is 132 Å². The van der Waals surface area contributed by atoms with Gasteiger partial charge in [-0.15, -0.1) is 0 Å². The standard InChI is InChI=1S/C17H18N4O2/c1-9-5-4-6-12(11(9)3)18-16(22)19-13-8-15-14(7-10(13)2)20-17(23)21-15/h4-8H,1-3H3,(H2,18,19,22)(H2,20,21,23). The molecule has 0 radical (unpaired) electrons. The molecule has 2 amide bonds. The summed E-state index contributed by atoms with van der Waals surface area (Å²) in [6.07, 6.45) is 0. The number of fused-ring (bicyclic) bond motifs is 1. The molecule has 3 aromatic rings. The number of rotatable bonds is 2. The molecule has 4 N–H and O–H groups in total. The quantitative estimate of drug-likeness (QED) is 0.584. The topological polar surface area (TPSA) is 89.8 Å². The fourth-order valence-corrected chi connectivity index (χ4v) is 2.49. The second-order valence-corrected chi connectivity index (χ2v) is 5.62. The van der Waals surface area contributed by atoms with Crippen molar-refractivity contribution in [3.05, 3.63) is 57.5 Å². The maximum absolute atomic E-state index is 12.2. The number of hydrogen-bond acceptors (Lipinski definition) is 2. The van der Waals surface area contributed by atoms with Crippen molar-refractivity contribution in [1.29, 1.82) is 0 Å². The van der Waals surface area contributed by atoms with Crippen LogP contribution in [-0.4, -0.2) is 16.0 Å². The van der Waals surface area contributed by atoms with Crippen molar-refractivity contribution in [2.45, 2.75) is 20.8 Å². The summed E-state index contributed by atoms with van der Waals surface area (Å²) in [4.78, 5) is 28.9. The number of anilines is 2. The number of nitrogens with one attached hydrogen (secondary N) is 4. The molecule has 6 heteroatoms. The number of aromatic amines is 2. The van der Waals surface area contributed by atoms with Crippen molar-refractivity contribution in [2.75, 3.05) is 10.6 Å². The van der Waals surface area contributed by atoms with Crippen molar-refractivity contribution in [3.63, 3.8) is 0 Å². The molecule has 1 heterocycles. The van der Waals surface area contributed by atoms with Gasteiger partial charge in [0.25, 0.3) is 0 Å². The van der Waals surface area contributed by atoms with Crippen LogP contribution >= 0.6 is 0 Å². The SMILES string of the molecule is Cc1cc2[nH]c(=O)[nH]c2cc1NC(=O)Nc1cccc(C)c1C. The van der Waals surface area contributed by atoms with Gasteiger partial charge in [0, 0.05) is 11.4 Å². The van der Waals surface area contributed by atoms with Gasteiger partial charge < -0.3 is 20.6 Å². The third-order valence-corrected chi connectivity index (χ3v) is 3.96. The first-order chi connectivity index (χ1) is 10.9. The number of aromatic nitrogens is 2. The maximum Gasteiger partial charge on any atom is 0.323 e. The van der Waals surface area contributed by atoms with Crippen LogP contribution in [-0.2, 0) is 0 Å². The van der Waals surface area contributed by atoms with E-state index in [4.69, 9.17) is 0 Å². The first-order valence-electron chi connectivity index (χ1n) is 7.31. The molecular formula is C17H18N4O2. The number of imidazole rings is 1. The van der Waals surface area contributed by atoms with Gasteiger partial charge in [-0.1, -0.05) is 12.1 Å². The Morgan fingerprint density at radius 2 is 1.57 bits per heavy atom. The number of aryl methyl sites for hydroxylation is 2. The van der Waals surface area contributed by atoms with Crippen molar-refractivity contribution >= 4 is 28.4 Å². The van der Waals surface area contributed by atoms with E-state index in [1.807, 2.05) is 45.0 Å². The molecule has 0 saturated heterocycles. The summed E-state index contributed by atoms with van der Waals surface area (Å²) in [6, 6.07) is 9.01. The summed E-state index contributed by atoms with van der Waals surface area (Å²) in [6.45, 7) is 5.84. The van der Waals surface area contributed by atoms with Crippen LogP contribution in [0.4, 0.5) is 16.2 Å². The highest BCUT2D eigenvalue weighted by Crippen LogP contribution is 2.22. The minimum absolute atomic E-state index is 0.267. The molecule has 0 aliphatic carbocycles. The summed E-state index contributed by atoms with van der Waals surface area (Å²) in [7, 11) is 0. The van der Waals surface area contributed by atoms with E-state index in [0.29, 0.717) is 16.7 Å². The lowest BCUT2D eigenvalue weighted by Crippen LogP contribution is -2.20. The summed E-state index contributed by atoms with van der Waals surface area (Å²) in [5.74, 6) is 0. The lowest BCUT2D eigenvalue weighted by molar-refractivity contribution is 0.262. The largest absolute Gasteiger partial charge is 0.323 e. The van der Waals surface area contributed by atoms with E-state index < -0.39 is 0 Å². The number of carbonyl (C=O) groups excluding carboxylic acids is 1. The van der Waals surface area contributed by atoms with Gasteiger partial charge in [0.1, 0.15) is 0 Å². The molecule has 3 rings (SSSR count). The summed E-state index contributed by atoms with van der Waals surface area (Å²) >= 11 is 0. The van der Waals surface area contributed by atoms with Gasteiger partial charge >= 0.3 is 11.7 Å². The monoisotopic (exact) mass is 310 g/mol. The molecule has 0 bridgehead atoms. The van der Waals surface area contributed by atoms with Gasteiger partial charge in [0.2, 0.25) is 0 Å². The zero-order valence-corrected chi connectivity index (χ0v) is 13.2. The van der Waals surface area contributed by atoms with Crippen molar-refractivity contribution in [3.8, 4) is 0 Å². The Morgan fingerprint density at radius 3 is 2.30 bits per heavy atom. The van der Waals surface area contributed by atoms with E-state index in [1.54, 1.807) is 6.07 Å². The Balaban J connectivity index is 1.83. The Hall–Kier alpha value is -3.02. The van der Waals surface area contributed by atoms with Gasteiger partial charge in [0.05, 0.1) is 11.0 Å². The van der Waals surface area contributed by atoms with Crippen LogP contribution in [0.15, 0.2) is 35.1 Å². The molecule has 1 aromatic heterocycles. The molecule has 0 atom stereocenters. The molecule has 0 spiro atoms. The molecule has 118 valence electrons. The molecule has 0 aliphatic heterocycles. The summed E-state index contributed by atoms with van der Waals surface area (Å²) in [5.41, 5.74) is 5.54. The molecule has 0 saturated carbocycles. The third kappa shape index (κ3) is 2.96. The van der Waals surface area contributed by atoms with Gasteiger partial charge in [-0.2, -0.15) is 0 Å². The van der Waals surface area contributed by atoms with Crippen LogP contribution in [0, 0.1) is 20.8 Å². The van der Waals surface area contributed by atoms with Crippen molar-refractivity contribution in [2.24, 2.45) is 0 Å². The fourth-order valence-electron chi connectivity index (χ4n) is 2.49. The number of carbonyl (C=O) groups is 1. The summed E-state index contributed by atoms with van der Waals surface area (Å²) < 4.78 is 0. The van der Waals surface area contributed by atoms with Crippen LogP contribution in [0.25, 0.3) is 11.0 Å². The first kappa shape index (κ1) is 14.9. The van der Waals surface area contributed by atoms with E-state index in [1.165, 1.54) is 0 Å². The van der Waals surface area contributed by atoms with Crippen LogP contribution in [0.1, 0.15) is 16.7 Å². The normalized spacial score (nSPS) is 10.7. The average Bonchev–Trinajstić information content (AvgIpc) is 2.83. The highest BCUT2D eigenvalue weighted by atomic mass is 16.2. The van der Waals surface area contributed by atoms with Gasteiger partial charge in [-0.3, -0.25) is 0 Å². The molecule has 0 fully saturated rings. The van der Waals surface area contributed by atoms with Gasteiger partial charge in [0.15, 0.2) is 0 Å².